The molecule has 4 heterocycles. The summed E-state index contributed by atoms with van der Waals surface area (Å²) in [6, 6.07) is 12.2. The highest BCUT2D eigenvalue weighted by Gasteiger charge is 2.45. The van der Waals surface area contributed by atoms with Crippen molar-refractivity contribution in [2.24, 2.45) is 11.5 Å². The maximum Gasteiger partial charge on any atom is 0.469 e. The maximum absolute atomic E-state index is 14.9. The predicted molar refractivity (Wildman–Crippen MR) is 357 cm³/mol. The molecule has 3 aliphatic heterocycles. The van der Waals surface area contributed by atoms with Crippen molar-refractivity contribution in [1.29, 1.82) is 0 Å². The summed E-state index contributed by atoms with van der Waals surface area (Å²) in [7, 11) is -5.42. The smallest absolute Gasteiger partial charge is 0.370 e. The molecule has 0 radical (unpaired) electrons. The SMILES string of the molecule is CC(=O)N[C@@H](CCCCNC(=O)CCCC[C@@H]1SC[C@@H]2NC(=O)N[C@@H]21)C(=O)N[C@@H](C)C(=O)N[C@@H](C)C(=O)N[C@@H](Cc1ccc(-c2ccccc2)cc1)C(=O)N[C@H](C(=O)N1CCC[C@H]1C(=O)N[C@@H](Cc1csc2ccccc12)C(=O)N[C@@H](CCC(N)=O)C(N)=O)[C@H](C)OP(=O)(O)O. The Balaban J connectivity index is 1.00. The van der Waals surface area contributed by atoms with Crippen molar-refractivity contribution < 1.29 is 76.4 Å². The first-order valence-corrected chi connectivity index (χ1v) is 35.4. The second-order valence-electron chi connectivity index (χ2n) is 24.2. The number of hydrogen-bond acceptors (Lipinski definition) is 16. The summed E-state index contributed by atoms with van der Waals surface area (Å²) in [4.78, 5) is 182. The van der Waals surface area contributed by atoms with E-state index in [0.717, 1.165) is 51.6 Å². The Bertz CT molecular complexity index is 3510. The molecule has 0 bridgehead atoms. The van der Waals surface area contributed by atoms with Crippen LogP contribution in [0.4, 0.5) is 4.79 Å². The number of amides is 13. The molecule has 32 heteroatoms. The third kappa shape index (κ3) is 22.3. The number of thiophene rings is 1. The van der Waals surface area contributed by atoms with Gasteiger partial charge in [0.15, 0.2) is 0 Å². The van der Waals surface area contributed by atoms with Gasteiger partial charge < -0.3 is 79.3 Å². The monoisotopic (exact) mass is 1390 g/mol. The molecule has 0 saturated carbocycles. The number of phosphoric ester groups is 1. The predicted octanol–water partition coefficient (Wildman–Crippen LogP) is 1.06. The number of thioether (sulfide) groups is 1. The number of urea groups is 1. The number of rotatable bonds is 36. The molecule has 3 fully saturated rings. The van der Waals surface area contributed by atoms with Crippen LogP contribution in [0, 0.1) is 0 Å². The highest BCUT2D eigenvalue weighted by molar-refractivity contribution is 8.00. The van der Waals surface area contributed by atoms with Gasteiger partial charge in [0, 0.05) is 61.4 Å². The largest absolute Gasteiger partial charge is 0.469 e. The van der Waals surface area contributed by atoms with Gasteiger partial charge in [0.05, 0.1) is 18.2 Å². The zero-order chi connectivity index (χ0) is 69.8. The number of nitrogens with one attached hydrogen (secondary N) is 10. The number of carbonyl (C=O) groups is 12. The number of phosphoric acid groups is 1. The molecule has 96 heavy (non-hydrogen) atoms. The zero-order valence-corrected chi connectivity index (χ0v) is 56.3. The van der Waals surface area contributed by atoms with Crippen LogP contribution in [0.15, 0.2) is 84.2 Å². The Kier molecular flexibility index (Phi) is 27.7. The molecule has 3 aromatic carbocycles. The normalized spacial score (nSPS) is 19.1. The van der Waals surface area contributed by atoms with Gasteiger partial charge in [-0.05, 0) is 111 Å². The third-order valence-corrected chi connectivity index (χ3v) is 19.9. The summed E-state index contributed by atoms with van der Waals surface area (Å²) in [5, 5.41) is 29.7. The molecule has 0 aliphatic carbocycles. The highest BCUT2D eigenvalue weighted by atomic mass is 32.2. The summed E-state index contributed by atoms with van der Waals surface area (Å²) in [5.74, 6) is -7.79. The number of unbranched alkanes of at least 4 members (excludes halogenated alkanes) is 2. The molecule has 13 amide bonds. The quantitative estimate of drug-likeness (QED) is 0.0172. The van der Waals surface area contributed by atoms with E-state index in [2.05, 4.69) is 53.2 Å². The van der Waals surface area contributed by atoms with Crippen LogP contribution >= 0.6 is 30.9 Å². The fourth-order valence-electron chi connectivity index (χ4n) is 11.7. The topological polar surface area (TPSA) is 447 Å². The Morgan fingerprint density at radius 1 is 0.688 bits per heavy atom. The van der Waals surface area contributed by atoms with Crippen molar-refractivity contribution in [2.45, 2.75) is 183 Å². The summed E-state index contributed by atoms with van der Waals surface area (Å²) >= 11 is 3.19. The number of carbonyl (C=O) groups excluding carboxylic acids is 12. The number of benzene rings is 3. The lowest BCUT2D eigenvalue weighted by atomic mass is 9.99. The van der Waals surface area contributed by atoms with Crippen LogP contribution in [0.1, 0.15) is 109 Å². The van der Waals surface area contributed by atoms with Crippen molar-refractivity contribution in [3.8, 4) is 11.1 Å². The number of primary amides is 2. The fourth-order valence-corrected chi connectivity index (χ4v) is 14.8. The third-order valence-electron chi connectivity index (χ3n) is 16.8. The zero-order valence-electron chi connectivity index (χ0n) is 53.8. The van der Waals surface area contributed by atoms with Crippen LogP contribution in [-0.4, -0.2) is 176 Å². The second-order valence-corrected chi connectivity index (χ2v) is 27.6. The van der Waals surface area contributed by atoms with Gasteiger partial charge in [-0.1, -0.05) is 79.2 Å². The summed E-state index contributed by atoms with van der Waals surface area (Å²) in [6.45, 7) is 5.19. The average molecular weight is 1390 g/mol. The molecular formula is C64H86N13O16PS2. The minimum Gasteiger partial charge on any atom is -0.370 e. The van der Waals surface area contributed by atoms with Crippen molar-refractivity contribution >= 4 is 112 Å². The fraction of sp³-hybridized carbons (Fsp3) is 0.500. The Morgan fingerprint density at radius 3 is 2.01 bits per heavy atom. The van der Waals surface area contributed by atoms with E-state index >= 15 is 0 Å². The van der Waals surface area contributed by atoms with Crippen LogP contribution in [0.5, 0.6) is 0 Å². The van der Waals surface area contributed by atoms with Gasteiger partial charge in [-0.25, -0.2) is 9.36 Å². The molecule has 29 nitrogen and oxygen atoms in total. The Labute approximate surface area is 563 Å². The van der Waals surface area contributed by atoms with Gasteiger partial charge in [0.2, 0.25) is 65.0 Å². The highest BCUT2D eigenvalue weighted by Crippen LogP contribution is 2.39. The molecular weight excluding hydrogens is 1300 g/mol. The Morgan fingerprint density at radius 2 is 1.32 bits per heavy atom. The molecule has 4 aromatic rings. The Hall–Kier alpha value is -8.48. The summed E-state index contributed by atoms with van der Waals surface area (Å²) in [5.41, 5.74) is 13.7. The minimum absolute atomic E-state index is 0.0120. The van der Waals surface area contributed by atoms with E-state index < -0.39 is 121 Å². The van der Waals surface area contributed by atoms with E-state index in [1.165, 1.54) is 32.1 Å². The number of nitrogens with two attached hydrogens (primary N) is 2. The van der Waals surface area contributed by atoms with Crippen molar-refractivity contribution in [3.05, 3.63) is 95.4 Å². The first-order valence-electron chi connectivity index (χ1n) is 31.9. The maximum atomic E-state index is 14.9. The lowest BCUT2D eigenvalue weighted by molar-refractivity contribution is -0.144. The lowest BCUT2D eigenvalue weighted by Gasteiger charge is -2.33. The molecule has 3 saturated heterocycles. The number of nitrogens with zero attached hydrogens (tertiary/aromatic N) is 1. The van der Waals surface area contributed by atoms with Crippen molar-refractivity contribution in [3.63, 3.8) is 0 Å². The van der Waals surface area contributed by atoms with E-state index in [0.29, 0.717) is 48.6 Å². The van der Waals surface area contributed by atoms with Crippen molar-refractivity contribution in [1.82, 2.24) is 58.1 Å². The molecule has 7 rings (SSSR count). The van der Waals surface area contributed by atoms with E-state index in [1.807, 2.05) is 60.3 Å². The number of likely N-dealkylation sites (tertiary alicyclic amines) is 1. The first kappa shape index (κ1) is 74.9. The summed E-state index contributed by atoms with van der Waals surface area (Å²) < 4.78 is 18.3. The second kappa shape index (κ2) is 35.5. The van der Waals surface area contributed by atoms with Crippen LogP contribution in [0.3, 0.4) is 0 Å². The summed E-state index contributed by atoms with van der Waals surface area (Å²) in [6.07, 6.45) is 1.24. The minimum atomic E-state index is -5.42. The van der Waals surface area contributed by atoms with Crippen LogP contribution in [0.2, 0.25) is 0 Å². The van der Waals surface area contributed by atoms with Crippen LogP contribution in [-0.2, 0) is 74.7 Å². The number of fused-ring (bicyclic) bond motifs is 2. The van der Waals surface area contributed by atoms with E-state index in [1.54, 1.807) is 35.7 Å². The average Bonchev–Trinajstić information content (AvgIpc) is 1.60. The molecule has 3 aliphatic rings. The van der Waals surface area contributed by atoms with E-state index in [9.17, 15) is 71.9 Å². The van der Waals surface area contributed by atoms with Gasteiger partial charge >= 0.3 is 13.9 Å². The lowest BCUT2D eigenvalue weighted by Crippen LogP contribution is -2.62. The first-order chi connectivity index (χ1) is 45.6. The number of hydrogen-bond donors (Lipinski definition) is 14. The van der Waals surface area contributed by atoms with Gasteiger partial charge in [0.1, 0.15) is 48.3 Å². The molecule has 520 valence electrons. The molecule has 16 N–H and O–H groups in total. The van der Waals surface area contributed by atoms with Crippen molar-refractivity contribution in [2.75, 3.05) is 18.8 Å². The molecule has 0 unspecified atom stereocenters. The van der Waals surface area contributed by atoms with Crippen LogP contribution in [0.25, 0.3) is 21.2 Å². The van der Waals surface area contributed by atoms with Gasteiger partial charge in [-0.15, -0.1) is 11.3 Å². The van der Waals surface area contributed by atoms with Crippen LogP contribution < -0.4 is 64.6 Å². The standard InChI is InChI=1S/C64H86N13O16PS2/c1-35(69-59(84)45(70-38(4)78)18-12-13-29-67-53(80)22-11-10-21-51-55-48(34-96-51)74-64(89)76-55)57(82)68-36(2)58(83)72-46(31-39-23-25-41(26-24-39)40-15-6-5-7-16-40)61(86)75-54(37(3)93-94(90,91)92)63(88)77-30-14-19-49(77)62(87)73-47(32-42-33-95-50-20-9-8-17-43(42)50)60(85)71-44(56(66)81)27-28-52(65)79/h5-9,15-17,20,23-26,33,35-37,44-49,51,54-55H,10-14,18-19,21-22,27-32,34H2,1-4H3,(H2,65,79)(H2,66,81)(H,67,80)(H,68,82)(H,69,84)(H,70,78)(H,71,85)(H,72,83)(H,73,87)(H,75,86)(H2,74,76,89)(H2,90,91,92)/t35-,36-,37-,44-,45-,46-,47-,48-,49-,51-,54-,55-/m0/s1. The van der Waals surface area contributed by atoms with Gasteiger partial charge in [-0.3, -0.25) is 57.3 Å². The van der Waals surface area contributed by atoms with Gasteiger partial charge in [-0.2, -0.15) is 11.8 Å². The van der Waals surface area contributed by atoms with E-state index in [-0.39, 0.29) is 75.5 Å². The molecule has 1 aromatic heterocycles. The molecule has 12 atom stereocenters. The van der Waals surface area contributed by atoms with Gasteiger partial charge in [0.25, 0.3) is 0 Å². The molecule has 0 spiro atoms. The van der Waals surface area contributed by atoms with E-state index in [4.69, 9.17) is 16.0 Å².